The molecule has 110 valence electrons. The van der Waals surface area contributed by atoms with Crippen molar-refractivity contribution in [3.8, 4) is 17.2 Å². The van der Waals surface area contributed by atoms with Crippen LogP contribution in [0.2, 0.25) is 0 Å². The molecule has 0 radical (unpaired) electrons. The van der Waals surface area contributed by atoms with E-state index in [2.05, 4.69) is 0 Å². The van der Waals surface area contributed by atoms with Crippen LogP contribution in [-0.2, 0) is 14.6 Å². The molecule has 1 fully saturated rings. The van der Waals surface area contributed by atoms with Crippen LogP contribution in [0.15, 0.2) is 53.4 Å². The third-order valence-corrected chi connectivity index (χ3v) is 4.84. The Morgan fingerprint density at radius 2 is 1.86 bits per heavy atom. The first-order chi connectivity index (χ1) is 10.0. The molecule has 1 atom stereocenters. The maximum absolute atomic E-state index is 12.0. The smallest absolute Gasteiger partial charge is 0.181 e. The first-order valence-electron chi connectivity index (χ1n) is 6.44. The molecule has 1 unspecified atom stereocenters. The Hall–Kier alpha value is -2.05. The summed E-state index contributed by atoms with van der Waals surface area (Å²) in [7, 11) is -3.31. The molecule has 2 aromatic carbocycles. The molecule has 0 saturated carbocycles. The van der Waals surface area contributed by atoms with E-state index in [1.165, 1.54) is 18.2 Å². The number of aromatic hydroxyl groups is 1. The topological polar surface area (TPSA) is 76.1 Å². The summed E-state index contributed by atoms with van der Waals surface area (Å²) in [5, 5.41) is 9.36. The van der Waals surface area contributed by atoms with Gasteiger partial charge in [0.25, 0.3) is 0 Å². The van der Waals surface area contributed by atoms with Crippen molar-refractivity contribution < 1.29 is 23.0 Å². The molecule has 0 aromatic heterocycles. The molecule has 0 amide bonds. The van der Waals surface area contributed by atoms with Crippen LogP contribution in [0.4, 0.5) is 0 Å². The van der Waals surface area contributed by atoms with Gasteiger partial charge in [0.15, 0.2) is 9.84 Å². The molecule has 1 N–H and O–H groups in total. The van der Waals surface area contributed by atoms with E-state index in [1.54, 1.807) is 30.3 Å². The summed E-state index contributed by atoms with van der Waals surface area (Å²) in [6.45, 7) is 0.512. The van der Waals surface area contributed by atoms with E-state index in [9.17, 15) is 13.5 Å². The SMILES string of the molecule is O=S(=O)(CC1CO1)c1ccc(Oc2cccc(O)c2)cc1. The van der Waals surface area contributed by atoms with Crippen molar-refractivity contribution in [2.75, 3.05) is 12.4 Å². The predicted octanol–water partition coefficient (Wildman–Crippen LogP) is 2.36. The summed E-state index contributed by atoms with van der Waals surface area (Å²) in [4.78, 5) is 0.251. The fraction of sp³-hybridized carbons (Fsp3) is 0.200. The second-order valence-electron chi connectivity index (χ2n) is 4.81. The minimum absolute atomic E-state index is 0.0137. The lowest BCUT2D eigenvalue weighted by atomic mass is 10.3. The van der Waals surface area contributed by atoms with Gasteiger partial charge in [-0.05, 0) is 36.4 Å². The van der Waals surface area contributed by atoms with Crippen LogP contribution in [0.1, 0.15) is 0 Å². The van der Waals surface area contributed by atoms with Crippen molar-refractivity contribution in [2.24, 2.45) is 0 Å². The number of phenols is 1. The second kappa shape index (κ2) is 5.38. The molecule has 0 spiro atoms. The van der Waals surface area contributed by atoms with Crippen LogP contribution in [0.3, 0.4) is 0 Å². The number of hydrogen-bond donors (Lipinski definition) is 1. The Kier molecular flexibility index (Phi) is 3.57. The minimum Gasteiger partial charge on any atom is -0.508 e. The van der Waals surface area contributed by atoms with E-state index in [-0.39, 0.29) is 22.5 Å². The van der Waals surface area contributed by atoms with Gasteiger partial charge in [-0.1, -0.05) is 6.07 Å². The van der Waals surface area contributed by atoms with Gasteiger partial charge in [-0.3, -0.25) is 0 Å². The summed E-state index contributed by atoms with van der Waals surface area (Å²) < 4.78 is 34.6. The van der Waals surface area contributed by atoms with Crippen molar-refractivity contribution in [1.29, 1.82) is 0 Å². The summed E-state index contributed by atoms with van der Waals surface area (Å²) >= 11 is 0. The highest BCUT2D eigenvalue weighted by atomic mass is 32.2. The van der Waals surface area contributed by atoms with Gasteiger partial charge in [0, 0.05) is 6.07 Å². The van der Waals surface area contributed by atoms with Crippen LogP contribution in [-0.4, -0.2) is 32.0 Å². The zero-order valence-corrected chi connectivity index (χ0v) is 11.9. The van der Waals surface area contributed by atoms with Gasteiger partial charge in [0.05, 0.1) is 23.4 Å². The van der Waals surface area contributed by atoms with Crippen molar-refractivity contribution in [1.82, 2.24) is 0 Å². The van der Waals surface area contributed by atoms with Crippen LogP contribution in [0.5, 0.6) is 17.2 Å². The Morgan fingerprint density at radius 1 is 1.14 bits per heavy atom. The lowest BCUT2D eigenvalue weighted by molar-refractivity contribution is 0.422. The van der Waals surface area contributed by atoms with Crippen LogP contribution < -0.4 is 4.74 Å². The van der Waals surface area contributed by atoms with Crippen molar-refractivity contribution in [3.63, 3.8) is 0 Å². The minimum atomic E-state index is -3.31. The monoisotopic (exact) mass is 306 g/mol. The largest absolute Gasteiger partial charge is 0.508 e. The molecule has 6 heteroatoms. The number of benzene rings is 2. The van der Waals surface area contributed by atoms with Crippen molar-refractivity contribution in [2.45, 2.75) is 11.0 Å². The summed E-state index contributed by atoms with van der Waals surface area (Å²) in [6.07, 6.45) is -0.168. The second-order valence-corrected chi connectivity index (χ2v) is 6.84. The lowest BCUT2D eigenvalue weighted by Gasteiger charge is -2.07. The molecule has 2 aromatic rings. The van der Waals surface area contributed by atoms with Gasteiger partial charge in [0.2, 0.25) is 0 Å². The predicted molar refractivity (Wildman–Crippen MR) is 76.4 cm³/mol. The Labute approximate surface area is 122 Å². The van der Waals surface area contributed by atoms with E-state index in [1.807, 2.05) is 0 Å². The average molecular weight is 306 g/mol. The van der Waals surface area contributed by atoms with E-state index < -0.39 is 9.84 Å². The van der Waals surface area contributed by atoms with E-state index >= 15 is 0 Å². The van der Waals surface area contributed by atoms with Crippen LogP contribution in [0, 0.1) is 0 Å². The molecule has 1 heterocycles. The molecular formula is C15H14O5S. The number of phenolic OH excluding ortho intramolecular Hbond substituents is 1. The fourth-order valence-electron chi connectivity index (χ4n) is 1.90. The summed E-state index contributed by atoms with van der Waals surface area (Å²) in [5.41, 5.74) is 0. The third kappa shape index (κ3) is 3.53. The fourth-order valence-corrected chi connectivity index (χ4v) is 3.33. The Bertz CT molecular complexity index is 733. The molecule has 21 heavy (non-hydrogen) atoms. The van der Waals surface area contributed by atoms with Gasteiger partial charge < -0.3 is 14.6 Å². The standard InChI is InChI=1S/C15H14O5S/c16-11-2-1-3-13(8-11)20-12-4-6-15(7-5-12)21(17,18)10-14-9-19-14/h1-8,14,16H,9-10H2. The zero-order valence-electron chi connectivity index (χ0n) is 11.1. The molecule has 1 saturated heterocycles. The normalized spacial score (nSPS) is 17.4. The molecule has 0 aliphatic carbocycles. The number of ether oxygens (including phenoxy) is 2. The first-order valence-corrected chi connectivity index (χ1v) is 8.09. The third-order valence-electron chi connectivity index (χ3n) is 3.04. The number of epoxide rings is 1. The molecular weight excluding hydrogens is 292 g/mol. The van der Waals surface area contributed by atoms with E-state index in [0.29, 0.717) is 18.1 Å². The Balaban J connectivity index is 1.74. The maximum Gasteiger partial charge on any atom is 0.181 e. The van der Waals surface area contributed by atoms with E-state index in [0.717, 1.165) is 0 Å². The molecule has 1 aliphatic rings. The zero-order chi connectivity index (χ0) is 14.9. The highest BCUT2D eigenvalue weighted by Crippen LogP contribution is 2.26. The molecule has 5 nitrogen and oxygen atoms in total. The maximum atomic E-state index is 12.0. The van der Waals surface area contributed by atoms with Gasteiger partial charge in [-0.15, -0.1) is 0 Å². The van der Waals surface area contributed by atoms with Crippen molar-refractivity contribution in [3.05, 3.63) is 48.5 Å². The molecule has 0 bridgehead atoms. The molecule has 1 aliphatic heterocycles. The number of sulfone groups is 1. The summed E-state index contributed by atoms with van der Waals surface area (Å²) in [5.74, 6) is 1.11. The van der Waals surface area contributed by atoms with Crippen LogP contribution in [0.25, 0.3) is 0 Å². The quantitative estimate of drug-likeness (QED) is 0.858. The van der Waals surface area contributed by atoms with Gasteiger partial charge in [0.1, 0.15) is 17.2 Å². The highest BCUT2D eigenvalue weighted by Gasteiger charge is 2.30. The van der Waals surface area contributed by atoms with Crippen molar-refractivity contribution >= 4 is 9.84 Å². The molecule has 3 rings (SSSR count). The Morgan fingerprint density at radius 3 is 2.48 bits per heavy atom. The summed E-state index contributed by atoms with van der Waals surface area (Å²) in [6, 6.07) is 12.6. The number of rotatable bonds is 5. The van der Waals surface area contributed by atoms with E-state index in [4.69, 9.17) is 9.47 Å². The van der Waals surface area contributed by atoms with Gasteiger partial charge in [-0.2, -0.15) is 0 Å². The van der Waals surface area contributed by atoms with Crippen LogP contribution >= 0.6 is 0 Å². The van der Waals surface area contributed by atoms with Gasteiger partial charge >= 0.3 is 0 Å². The first kappa shape index (κ1) is 13.9. The lowest BCUT2D eigenvalue weighted by Crippen LogP contribution is -2.11. The average Bonchev–Trinajstić information content (AvgIpc) is 3.23. The van der Waals surface area contributed by atoms with Gasteiger partial charge in [-0.25, -0.2) is 8.42 Å². The number of hydrogen-bond acceptors (Lipinski definition) is 5. The highest BCUT2D eigenvalue weighted by molar-refractivity contribution is 7.91.